The number of nitrogens with one attached hydrogen (secondary N) is 2. The molecule has 0 saturated carbocycles. The molecule has 1 saturated heterocycles. The first-order valence-corrected chi connectivity index (χ1v) is 11.6. The van der Waals surface area contributed by atoms with Gasteiger partial charge < -0.3 is 22.0 Å². The number of amides is 2. The topological polar surface area (TPSA) is 61.4 Å². The molecule has 3 aromatic carbocycles. The molecule has 2 N–H and O–H groups in total. The van der Waals surface area contributed by atoms with Gasteiger partial charge in [0.05, 0.1) is 0 Å². The van der Waals surface area contributed by atoms with E-state index < -0.39 is 0 Å². The Hall–Kier alpha value is -2.93. The standard InChI is InChI=1S/C22H17N2O2.C7H15N.W/c1-3-16-9-10-17(20-7-5-4-6-19(16)20)13-23-22(26)21-12-18(24-14-25)11-8-15(21)2;1-7-3-5-8(2)6-4-7;/h4-12,14H,13H2,2H3,(H,23,26)(H,24,25);7H,3-6H2,1-2H3;/q-1;;. The Morgan fingerprint density at radius 1 is 1.11 bits per heavy atom. The van der Waals surface area contributed by atoms with E-state index in [0.29, 0.717) is 24.2 Å². The normalized spacial score (nSPS) is 13.5. The van der Waals surface area contributed by atoms with Crippen LogP contribution in [0, 0.1) is 25.2 Å². The van der Waals surface area contributed by atoms with Gasteiger partial charge in [0.1, 0.15) is 0 Å². The molecule has 0 bridgehead atoms. The Bertz CT molecular complexity index is 1180. The number of nitrogens with zero attached hydrogens (tertiary/aromatic N) is 1. The molecule has 1 aliphatic heterocycles. The van der Waals surface area contributed by atoms with E-state index in [1.54, 1.807) is 18.2 Å². The van der Waals surface area contributed by atoms with Crippen LogP contribution in [0.15, 0.2) is 54.6 Å². The Kier molecular flexibility index (Phi) is 11.2. The van der Waals surface area contributed by atoms with Crippen molar-refractivity contribution in [2.75, 3.05) is 25.5 Å². The van der Waals surface area contributed by atoms with E-state index in [0.717, 1.165) is 33.4 Å². The van der Waals surface area contributed by atoms with E-state index in [4.69, 9.17) is 6.42 Å². The number of likely N-dealkylation sites (tertiary alicyclic amines) is 1. The van der Waals surface area contributed by atoms with Gasteiger partial charge in [0.15, 0.2) is 0 Å². The van der Waals surface area contributed by atoms with Crippen molar-refractivity contribution in [2.24, 2.45) is 5.92 Å². The minimum atomic E-state index is -0.205. The Balaban J connectivity index is 0.000000409. The van der Waals surface area contributed by atoms with Crippen molar-refractivity contribution in [3.8, 4) is 5.92 Å². The molecule has 1 heterocycles. The summed E-state index contributed by atoms with van der Waals surface area (Å²) in [7, 11) is 2.20. The average Bonchev–Trinajstić information content (AvgIpc) is 2.86. The predicted molar refractivity (Wildman–Crippen MR) is 138 cm³/mol. The predicted octanol–water partition coefficient (Wildman–Crippen LogP) is 4.93. The maximum Gasteiger partial charge on any atom is 0.251 e. The Morgan fingerprint density at radius 3 is 2.43 bits per heavy atom. The van der Waals surface area contributed by atoms with Gasteiger partial charge in [-0.3, -0.25) is 15.5 Å². The maximum atomic E-state index is 12.6. The smallest absolute Gasteiger partial charge is 0.251 e. The van der Waals surface area contributed by atoms with Crippen molar-refractivity contribution in [1.82, 2.24) is 10.2 Å². The van der Waals surface area contributed by atoms with Gasteiger partial charge in [0.2, 0.25) is 6.41 Å². The fourth-order valence-electron chi connectivity index (χ4n) is 4.06. The molecular formula is C29H32N3O2W-. The molecule has 0 aliphatic carbocycles. The summed E-state index contributed by atoms with van der Waals surface area (Å²) >= 11 is 0. The molecule has 0 aromatic heterocycles. The number of benzene rings is 3. The summed E-state index contributed by atoms with van der Waals surface area (Å²) in [4.78, 5) is 25.6. The second-order valence-corrected chi connectivity index (χ2v) is 8.90. The van der Waals surface area contributed by atoms with Crippen LogP contribution in [0.1, 0.15) is 46.8 Å². The van der Waals surface area contributed by atoms with Crippen molar-refractivity contribution < 1.29 is 30.7 Å². The van der Waals surface area contributed by atoms with Gasteiger partial charge in [0.25, 0.3) is 5.91 Å². The van der Waals surface area contributed by atoms with Crippen molar-refractivity contribution in [3.63, 3.8) is 0 Å². The SMILES string of the molecule is CC1CCN(C)CC1.[C-]#Cc1ccc(CNC(=O)c2cc(NC=O)ccc2C)c2ccccc12.[W]. The molecular weight excluding hydrogens is 606 g/mol. The van der Waals surface area contributed by atoms with E-state index >= 15 is 0 Å². The van der Waals surface area contributed by atoms with Crippen molar-refractivity contribution in [3.05, 3.63) is 83.3 Å². The molecule has 1 aliphatic rings. The van der Waals surface area contributed by atoms with Crippen LogP contribution < -0.4 is 10.6 Å². The van der Waals surface area contributed by atoms with E-state index in [2.05, 4.69) is 35.4 Å². The third-order valence-electron chi connectivity index (χ3n) is 6.30. The van der Waals surface area contributed by atoms with Crippen LogP contribution in [0.2, 0.25) is 0 Å². The number of hydrogen-bond donors (Lipinski definition) is 2. The monoisotopic (exact) mass is 638 g/mol. The fourth-order valence-corrected chi connectivity index (χ4v) is 4.06. The first-order chi connectivity index (χ1) is 16.4. The minimum absolute atomic E-state index is 0. The van der Waals surface area contributed by atoms with Gasteiger partial charge in [-0.2, -0.15) is 0 Å². The number of rotatable bonds is 5. The summed E-state index contributed by atoms with van der Waals surface area (Å²) in [6, 6.07) is 16.7. The van der Waals surface area contributed by atoms with Crippen LogP contribution in [0.4, 0.5) is 5.69 Å². The fraction of sp³-hybridized carbons (Fsp3) is 0.310. The number of carbonyl (C=O) groups is 2. The van der Waals surface area contributed by atoms with Crippen LogP contribution in [-0.4, -0.2) is 37.4 Å². The van der Waals surface area contributed by atoms with Gasteiger partial charge in [-0.25, -0.2) is 0 Å². The third-order valence-corrected chi connectivity index (χ3v) is 6.30. The average molecular weight is 638 g/mol. The molecule has 2 amide bonds. The van der Waals surface area contributed by atoms with Crippen LogP contribution in [0.25, 0.3) is 10.8 Å². The second kappa shape index (κ2) is 13.8. The van der Waals surface area contributed by atoms with E-state index in [1.165, 1.54) is 25.9 Å². The summed E-state index contributed by atoms with van der Waals surface area (Å²) < 4.78 is 0. The quantitative estimate of drug-likeness (QED) is 0.237. The van der Waals surface area contributed by atoms with E-state index in [9.17, 15) is 9.59 Å². The summed E-state index contributed by atoms with van der Waals surface area (Å²) in [6.07, 6.45) is 10.8. The molecule has 0 spiro atoms. The van der Waals surface area contributed by atoms with Gasteiger partial charge in [0, 0.05) is 38.9 Å². The molecule has 182 valence electrons. The van der Waals surface area contributed by atoms with Gasteiger partial charge in [-0.1, -0.05) is 48.7 Å². The van der Waals surface area contributed by atoms with E-state index in [-0.39, 0.29) is 27.0 Å². The molecule has 0 atom stereocenters. The number of anilines is 1. The molecule has 0 unspecified atom stereocenters. The maximum absolute atomic E-state index is 12.6. The molecule has 5 nitrogen and oxygen atoms in total. The summed E-state index contributed by atoms with van der Waals surface area (Å²) in [5.41, 5.74) is 3.61. The first-order valence-electron chi connectivity index (χ1n) is 11.6. The minimum Gasteiger partial charge on any atom is -0.366 e. The summed E-state index contributed by atoms with van der Waals surface area (Å²) in [5, 5.41) is 7.41. The number of aryl methyl sites for hydroxylation is 1. The number of hydrogen-bond acceptors (Lipinski definition) is 3. The first kappa shape index (κ1) is 28.3. The summed E-state index contributed by atoms with van der Waals surface area (Å²) in [5.74, 6) is 3.21. The largest absolute Gasteiger partial charge is 0.366 e. The Morgan fingerprint density at radius 2 is 1.80 bits per heavy atom. The van der Waals surface area contributed by atoms with Crippen molar-refractivity contribution in [1.29, 1.82) is 0 Å². The molecule has 3 aromatic rings. The molecule has 0 radical (unpaired) electrons. The molecule has 35 heavy (non-hydrogen) atoms. The zero-order valence-corrected chi connectivity index (χ0v) is 23.5. The Labute approximate surface area is 222 Å². The zero-order valence-electron chi connectivity index (χ0n) is 20.6. The second-order valence-electron chi connectivity index (χ2n) is 8.90. The number of piperidine rings is 1. The van der Waals surface area contributed by atoms with Gasteiger partial charge >= 0.3 is 0 Å². The number of fused-ring (bicyclic) bond motifs is 1. The summed E-state index contributed by atoms with van der Waals surface area (Å²) in [6.45, 7) is 7.17. The van der Waals surface area contributed by atoms with Gasteiger partial charge in [-0.15, -0.1) is 11.6 Å². The van der Waals surface area contributed by atoms with Gasteiger partial charge in [-0.05, 0) is 74.5 Å². The third kappa shape index (κ3) is 7.79. The van der Waals surface area contributed by atoms with Crippen molar-refractivity contribution in [2.45, 2.75) is 33.2 Å². The van der Waals surface area contributed by atoms with Crippen LogP contribution in [0.3, 0.4) is 0 Å². The van der Waals surface area contributed by atoms with Crippen LogP contribution >= 0.6 is 0 Å². The molecule has 4 rings (SSSR count). The van der Waals surface area contributed by atoms with Crippen LogP contribution in [0.5, 0.6) is 0 Å². The molecule has 6 heteroatoms. The number of carbonyl (C=O) groups excluding carboxylic acids is 2. The molecule has 1 fully saturated rings. The van der Waals surface area contributed by atoms with Crippen molar-refractivity contribution >= 4 is 28.8 Å². The van der Waals surface area contributed by atoms with E-state index in [1.807, 2.05) is 43.3 Å². The van der Waals surface area contributed by atoms with Crippen LogP contribution in [-0.2, 0) is 32.4 Å². The zero-order chi connectivity index (χ0) is 24.5.